The second-order valence-electron chi connectivity index (χ2n) is 13.5. The van der Waals surface area contributed by atoms with Crippen molar-refractivity contribution < 1.29 is 38.7 Å². The lowest BCUT2D eigenvalue weighted by molar-refractivity contribution is -0.141. The van der Waals surface area contributed by atoms with Gasteiger partial charge in [0.2, 0.25) is 35.4 Å². The van der Waals surface area contributed by atoms with E-state index in [1.807, 2.05) is 44.2 Å². The van der Waals surface area contributed by atoms with E-state index in [4.69, 9.17) is 11.5 Å². The summed E-state index contributed by atoms with van der Waals surface area (Å²) in [6, 6.07) is 4.04. The lowest BCUT2D eigenvalue weighted by atomic mass is 9.84. The lowest BCUT2D eigenvalue weighted by Crippen LogP contribution is -2.59. The normalized spacial score (nSPS) is 16.2. The van der Waals surface area contributed by atoms with Crippen molar-refractivity contribution in [2.75, 3.05) is 6.54 Å². The van der Waals surface area contributed by atoms with Crippen LogP contribution in [-0.2, 0) is 40.0 Å². The van der Waals surface area contributed by atoms with E-state index in [-0.39, 0.29) is 44.1 Å². The van der Waals surface area contributed by atoms with Gasteiger partial charge in [-0.3, -0.25) is 33.6 Å². The predicted octanol–water partition coefficient (Wildman–Crippen LogP) is 0.388. The van der Waals surface area contributed by atoms with Crippen LogP contribution in [0.25, 0.3) is 0 Å². The van der Waals surface area contributed by atoms with Gasteiger partial charge in [0.25, 0.3) is 0 Å². The molecule has 1 aromatic carbocycles. The highest BCUT2D eigenvalue weighted by Crippen LogP contribution is 2.27. The number of nitrogens with one attached hydrogen (secondary N) is 5. The first kappa shape index (κ1) is 41.6. The number of carbonyl (C=O) groups is 7. The zero-order valence-corrected chi connectivity index (χ0v) is 29.4. The van der Waals surface area contributed by atoms with E-state index in [1.54, 1.807) is 0 Å². The Morgan fingerprint density at radius 2 is 1.34 bits per heavy atom. The third kappa shape index (κ3) is 15.8. The van der Waals surface area contributed by atoms with E-state index in [2.05, 4.69) is 26.6 Å². The second kappa shape index (κ2) is 21.5. The molecule has 0 aromatic heterocycles. The summed E-state index contributed by atoms with van der Waals surface area (Å²) in [5.74, 6) is -5.44. The Labute approximate surface area is 293 Å². The van der Waals surface area contributed by atoms with Gasteiger partial charge in [-0.2, -0.15) is 0 Å². The number of amides is 6. The molecule has 0 radical (unpaired) electrons. The van der Waals surface area contributed by atoms with Crippen molar-refractivity contribution in [3.05, 3.63) is 35.9 Å². The molecule has 2 rings (SSSR count). The molecule has 5 atom stereocenters. The zero-order chi connectivity index (χ0) is 37.2. The van der Waals surface area contributed by atoms with Crippen LogP contribution in [0.2, 0.25) is 0 Å². The van der Waals surface area contributed by atoms with Gasteiger partial charge in [-0.15, -0.1) is 0 Å². The van der Waals surface area contributed by atoms with Gasteiger partial charge in [-0.1, -0.05) is 76.3 Å². The molecule has 50 heavy (non-hydrogen) atoms. The van der Waals surface area contributed by atoms with Crippen LogP contribution >= 0.6 is 0 Å². The van der Waals surface area contributed by atoms with Crippen LogP contribution in [-0.4, -0.2) is 83.3 Å². The molecule has 1 aliphatic carbocycles. The van der Waals surface area contributed by atoms with Crippen LogP contribution in [0.5, 0.6) is 0 Å². The van der Waals surface area contributed by atoms with Crippen LogP contribution in [0.3, 0.4) is 0 Å². The minimum atomic E-state index is -1.58. The molecule has 0 heterocycles. The molecule has 15 nitrogen and oxygen atoms in total. The highest BCUT2D eigenvalue weighted by Gasteiger charge is 2.34. The first-order chi connectivity index (χ1) is 23.7. The molecular weight excluding hydrogens is 646 g/mol. The average molecular weight is 702 g/mol. The molecule has 15 heteroatoms. The average Bonchev–Trinajstić information content (AvgIpc) is 3.05. The number of hydrogen-bond donors (Lipinski definition) is 8. The first-order valence-electron chi connectivity index (χ1n) is 17.4. The number of hydrogen-bond acceptors (Lipinski definition) is 8. The van der Waals surface area contributed by atoms with Gasteiger partial charge in [0.1, 0.15) is 24.2 Å². The Hall–Kier alpha value is -4.53. The fraction of sp³-hybridized carbons (Fsp3) is 0.629. The standard InChI is InChI=1S/C35H55N7O8/c1-21(2)16-27(33(48)39-25(20-36)17-23-10-6-4-7-11-23)40-35(50)29(19-31(45)46)42-34(49)28(18-24-12-8-5-9-13-24)41-32(47)26(38-22(3)43)14-15-30(37)44/h4,6-7,10-11,21,24-29H,5,8-9,12-20,36H2,1-3H3,(H2,37,44)(H,38,43)(H,39,48)(H,40,50)(H,41,47)(H,42,49)(H,45,46)/t25?,26?,27-,28-,29?/m0/s1. The Balaban J connectivity index is 2.26. The van der Waals surface area contributed by atoms with E-state index in [1.165, 1.54) is 6.92 Å². The molecule has 0 spiro atoms. The molecule has 6 amide bonds. The van der Waals surface area contributed by atoms with Crippen LogP contribution in [0, 0.1) is 11.8 Å². The molecular formula is C35H55N7O8. The van der Waals surface area contributed by atoms with Crippen LogP contribution in [0.4, 0.5) is 0 Å². The molecule has 1 aromatic rings. The number of aliphatic carboxylic acids is 1. The quantitative estimate of drug-likeness (QED) is 0.0881. The van der Waals surface area contributed by atoms with E-state index < -0.39 is 78.0 Å². The fourth-order valence-corrected chi connectivity index (χ4v) is 6.09. The van der Waals surface area contributed by atoms with Gasteiger partial charge >= 0.3 is 5.97 Å². The summed E-state index contributed by atoms with van der Waals surface area (Å²) in [5.41, 5.74) is 12.2. The summed E-state index contributed by atoms with van der Waals surface area (Å²) in [5, 5.41) is 22.8. The molecule has 1 saturated carbocycles. The Kier molecular flexibility index (Phi) is 17.9. The van der Waals surface area contributed by atoms with Crippen molar-refractivity contribution in [1.82, 2.24) is 26.6 Å². The second-order valence-corrected chi connectivity index (χ2v) is 13.5. The molecule has 3 unspecified atom stereocenters. The number of nitrogens with two attached hydrogens (primary N) is 2. The number of carboxylic acid groups (broad SMARTS) is 1. The number of carboxylic acids is 1. The Morgan fingerprint density at radius 1 is 0.780 bits per heavy atom. The molecule has 10 N–H and O–H groups in total. The first-order valence-corrected chi connectivity index (χ1v) is 17.4. The van der Waals surface area contributed by atoms with Crippen molar-refractivity contribution in [1.29, 1.82) is 0 Å². The number of primary amides is 1. The van der Waals surface area contributed by atoms with Crippen molar-refractivity contribution >= 4 is 41.4 Å². The van der Waals surface area contributed by atoms with Crippen molar-refractivity contribution in [3.8, 4) is 0 Å². The highest BCUT2D eigenvalue weighted by atomic mass is 16.4. The zero-order valence-electron chi connectivity index (χ0n) is 29.4. The van der Waals surface area contributed by atoms with Gasteiger partial charge in [-0.05, 0) is 43.1 Å². The smallest absolute Gasteiger partial charge is 0.305 e. The number of rotatable bonds is 21. The summed E-state index contributed by atoms with van der Waals surface area (Å²) >= 11 is 0. The van der Waals surface area contributed by atoms with Crippen molar-refractivity contribution in [3.63, 3.8) is 0 Å². The molecule has 1 aliphatic rings. The topological polar surface area (TPSA) is 252 Å². The van der Waals surface area contributed by atoms with E-state index in [0.29, 0.717) is 6.42 Å². The minimum absolute atomic E-state index is 0.0368. The largest absolute Gasteiger partial charge is 0.481 e. The Bertz CT molecular complexity index is 1300. The number of carbonyl (C=O) groups excluding carboxylic acids is 6. The van der Waals surface area contributed by atoms with Crippen molar-refractivity contribution in [2.24, 2.45) is 23.3 Å². The third-order valence-electron chi connectivity index (χ3n) is 8.61. The summed E-state index contributed by atoms with van der Waals surface area (Å²) in [6.45, 7) is 5.07. The van der Waals surface area contributed by atoms with E-state index >= 15 is 0 Å². The minimum Gasteiger partial charge on any atom is -0.481 e. The fourth-order valence-electron chi connectivity index (χ4n) is 6.09. The molecule has 278 valence electrons. The highest BCUT2D eigenvalue weighted by molar-refractivity contribution is 5.96. The maximum Gasteiger partial charge on any atom is 0.305 e. The van der Waals surface area contributed by atoms with Gasteiger partial charge in [-0.25, -0.2) is 0 Å². The maximum atomic E-state index is 13.8. The van der Waals surface area contributed by atoms with E-state index in [0.717, 1.165) is 37.7 Å². The SMILES string of the molecule is CC(=O)NC(CCC(N)=O)C(=O)N[C@@H](CC1CCCCC1)C(=O)NC(CC(=O)O)C(=O)N[C@@H](CC(C)C)C(=O)NC(CN)Cc1ccccc1. The third-order valence-corrected chi connectivity index (χ3v) is 8.61. The van der Waals surface area contributed by atoms with Gasteiger partial charge < -0.3 is 43.2 Å². The summed E-state index contributed by atoms with van der Waals surface area (Å²) in [6.07, 6.45) is 4.38. The van der Waals surface area contributed by atoms with E-state index in [9.17, 15) is 38.7 Å². The van der Waals surface area contributed by atoms with Gasteiger partial charge in [0.05, 0.1) is 6.42 Å². The number of benzene rings is 1. The maximum absolute atomic E-state index is 13.8. The molecule has 1 fully saturated rings. The predicted molar refractivity (Wildman–Crippen MR) is 186 cm³/mol. The molecule has 0 saturated heterocycles. The van der Waals surface area contributed by atoms with Gasteiger partial charge in [0, 0.05) is 25.9 Å². The Morgan fingerprint density at radius 3 is 1.90 bits per heavy atom. The monoisotopic (exact) mass is 701 g/mol. The summed E-state index contributed by atoms with van der Waals surface area (Å²) < 4.78 is 0. The van der Waals surface area contributed by atoms with Crippen LogP contribution in [0.15, 0.2) is 30.3 Å². The van der Waals surface area contributed by atoms with Gasteiger partial charge in [0.15, 0.2) is 0 Å². The van der Waals surface area contributed by atoms with Crippen molar-refractivity contribution in [2.45, 2.75) is 122 Å². The summed E-state index contributed by atoms with van der Waals surface area (Å²) in [4.78, 5) is 89.2. The van der Waals surface area contributed by atoms with Crippen LogP contribution in [0.1, 0.15) is 90.5 Å². The molecule has 0 aliphatic heterocycles. The van der Waals surface area contributed by atoms with Crippen LogP contribution < -0.4 is 38.1 Å². The lowest BCUT2D eigenvalue weighted by Gasteiger charge is -2.29. The summed E-state index contributed by atoms with van der Waals surface area (Å²) in [7, 11) is 0. The molecule has 0 bridgehead atoms.